The Labute approximate surface area is 117 Å². The third-order valence-electron chi connectivity index (χ3n) is 3.24. The summed E-state index contributed by atoms with van der Waals surface area (Å²) < 4.78 is 0. The molecule has 1 atom stereocenters. The zero-order chi connectivity index (χ0) is 13.8. The monoisotopic (exact) mass is 278 g/mol. The molecular formula is C14H18N2O2S. The fourth-order valence-electron chi connectivity index (χ4n) is 2.19. The molecule has 1 unspecified atom stereocenters. The van der Waals surface area contributed by atoms with Gasteiger partial charge in [-0.2, -0.15) is 11.8 Å². The minimum atomic E-state index is -0.398. The highest BCUT2D eigenvalue weighted by Crippen LogP contribution is 2.15. The fourth-order valence-corrected chi connectivity index (χ4v) is 2.70. The van der Waals surface area contributed by atoms with Crippen LogP contribution in [0.4, 0.5) is 0 Å². The lowest BCUT2D eigenvalue weighted by Gasteiger charge is -2.32. The summed E-state index contributed by atoms with van der Waals surface area (Å²) in [6, 6.07) is 7.24. The van der Waals surface area contributed by atoms with E-state index >= 15 is 0 Å². The first-order valence-corrected chi connectivity index (χ1v) is 7.69. The van der Waals surface area contributed by atoms with E-state index in [9.17, 15) is 9.59 Å². The van der Waals surface area contributed by atoms with Crippen LogP contribution in [-0.4, -0.2) is 42.1 Å². The number of nitrogens with one attached hydrogen (secondary N) is 1. The quantitative estimate of drug-likeness (QED) is 0.912. The summed E-state index contributed by atoms with van der Waals surface area (Å²) in [7, 11) is 0. The Morgan fingerprint density at radius 2 is 2.32 bits per heavy atom. The van der Waals surface area contributed by atoms with Crippen LogP contribution >= 0.6 is 11.8 Å². The molecule has 0 aliphatic carbocycles. The van der Waals surface area contributed by atoms with Crippen LogP contribution in [0.3, 0.4) is 0 Å². The van der Waals surface area contributed by atoms with Gasteiger partial charge in [-0.1, -0.05) is 12.1 Å². The Morgan fingerprint density at radius 3 is 3.05 bits per heavy atom. The third kappa shape index (κ3) is 3.10. The van der Waals surface area contributed by atoms with Crippen LogP contribution in [0.15, 0.2) is 24.3 Å². The predicted molar refractivity (Wildman–Crippen MR) is 77.2 cm³/mol. The van der Waals surface area contributed by atoms with E-state index < -0.39 is 6.04 Å². The van der Waals surface area contributed by atoms with Gasteiger partial charge in [0.2, 0.25) is 5.91 Å². The van der Waals surface area contributed by atoms with E-state index in [1.54, 1.807) is 23.6 Å². The van der Waals surface area contributed by atoms with E-state index in [1.165, 1.54) is 0 Å². The fraction of sp³-hybridized carbons (Fsp3) is 0.429. The highest BCUT2D eigenvalue weighted by Gasteiger charge is 2.29. The van der Waals surface area contributed by atoms with Crippen LogP contribution in [0.25, 0.3) is 0 Å². The summed E-state index contributed by atoms with van der Waals surface area (Å²) in [4.78, 5) is 25.7. The smallest absolute Gasteiger partial charge is 0.254 e. The Kier molecular flexibility index (Phi) is 4.47. The van der Waals surface area contributed by atoms with Crippen molar-refractivity contribution in [2.45, 2.75) is 18.7 Å². The number of hydrogen-bond donors (Lipinski definition) is 1. The Morgan fingerprint density at radius 1 is 1.53 bits per heavy atom. The molecule has 102 valence electrons. The maximum Gasteiger partial charge on any atom is 0.254 e. The molecule has 1 aliphatic heterocycles. The van der Waals surface area contributed by atoms with Gasteiger partial charge in [-0.05, 0) is 30.9 Å². The summed E-state index contributed by atoms with van der Waals surface area (Å²) in [5.41, 5.74) is 1.79. The van der Waals surface area contributed by atoms with Crippen molar-refractivity contribution in [1.82, 2.24) is 10.2 Å². The molecule has 0 radical (unpaired) electrons. The second-order valence-electron chi connectivity index (χ2n) is 4.60. The van der Waals surface area contributed by atoms with Gasteiger partial charge in [0.05, 0.1) is 0 Å². The lowest BCUT2D eigenvalue weighted by atomic mass is 10.1. The molecule has 1 fully saturated rings. The Hall–Kier alpha value is -1.49. The SMILES string of the molecule is CSCc1cccc(C(=O)N2CCNC(=O)C2C)c1. The number of carbonyl (C=O) groups is 2. The van der Waals surface area contributed by atoms with Crippen molar-refractivity contribution in [2.75, 3.05) is 19.3 Å². The van der Waals surface area contributed by atoms with E-state index in [0.29, 0.717) is 18.7 Å². The van der Waals surface area contributed by atoms with Gasteiger partial charge in [0.15, 0.2) is 0 Å². The Bertz CT molecular complexity index is 490. The van der Waals surface area contributed by atoms with Crippen LogP contribution in [0.5, 0.6) is 0 Å². The van der Waals surface area contributed by atoms with Gasteiger partial charge >= 0.3 is 0 Å². The molecule has 2 amide bonds. The molecule has 4 nitrogen and oxygen atoms in total. The maximum atomic E-state index is 12.5. The summed E-state index contributed by atoms with van der Waals surface area (Å²) >= 11 is 1.72. The van der Waals surface area contributed by atoms with Gasteiger partial charge in [-0.15, -0.1) is 0 Å². The summed E-state index contributed by atoms with van der Waals surface area (Å²) in [6.45, 7) is 2.86. The van der Waals surface area contributed by atoms with Crippen molar-refractivity contribution in [3.8, 4) is 0 Å². The van der Waals surface area contributed by atoms with Crippen LogP contribution in [0, 0.1) is 0 Å². The Balaban J connectivity index is 2.18. The number of piperazine rings is 1. The molecule has 0 spiro atoms. The third-order valence-corrected chi connectivity index (χ3v) is 3.87. The summed E-state index contributed by atoms with van der Waals surface area (Å²) in [5, 5.41) is 2.76. The van der Waals surface area contributed by atoms with Gasteiger partial charge in [-0.25, -0.2) is 0 Å². The number of rotatable bonds is 3. The second-order valence-corrected chi connectivity index (χ2v) is 5.46. The summed E-state index contributed by atoms with van der Waals surface area (Å²) in [5.74, 6) is 0.738. The number of carbonyl (C=O) groups excluding carboxylic acids is 2. The van der Waals surface area contributed by atoms with Crippen LogP contribution in [0.2, 0.25) is 0 Å². The largest absolute Gasteiger partial charge is 0.353 e. The molecule has 1 aromatic carbocycles. The van der Waals surface area contributed by atoms with Crippen LogP contribution in [-0.2, 0) is 10.5 Å². The van der Waals surface area contributed by atoms with Gasteiger partial charge in [0, 0.05) is 24.4 Å². The first kappa shape index (κ1) is 13.9. The molecular weight excluding hydrogens is 260 g/mol. The van der Waals surface area contributed by atoms with Crippen molar-refractivity contribution in [3.63, 3.8) is 0 Å². The molecule has 0 saturated carbocycles. The first-order chi connectivity index (χ1) is 9.13. The van der Waals surface area contributed by atoms with Gasteiger partial charge in [-0.3, -0.25) is 9.59 Å². The van der Waals surface area contributed by atoms with E-state index in [2.05, 4.69) is 5.32 Å². The van der Waals surface area contributed by atoms with Crippen molar-refractivity contribution in [2.24, 2.45) is 0 Å². The first-order valence-electron chi connectivity index (χ1n) is 6.30. The maximum absolute atomic E-state index is 12.5. The normalized spacial score (nSPS) is 19.2. The zero-order valence-electron chi connectivity index (χ0n) is 11.2. The lowest BCUT2D eigenvalue weighted by molar-refractivity contribution is -0.127. The number of amides is 2. The highest BCUT2D eigenvalue weighted by atomic mass is 32.2. The topological polar surface area (TPSA) is 49.4 Å². The van der Waals surface area contributed by atoms with Crippen molar-refractivity contribution in [1.29, 1.82) is 0 Å². The molecule has 19 heavy (non-hydrogen) atoms. The highest BCUT2D eigenvalue weighted by molar-refractivity contribution is 7.97. The average molecular weight is 278 g/mol. The van der Waals surface area contributed by atoms with E-state index in [0.717, 1.165) is 11.3 Å². The van der Waals surface area contributed by atoms with Crippen LogP contribution in [0.1, 0.15) is 22.8 Å². The summed E-state index contributed by atoms with van der Waals surface area (Å²) in [6.07, 6.45) is 2.03. The van der Waals surface area contributed by atoms with Crippen molar-refractivity contribution < 1.29 is 9.59 Å². The molecule has 5 heteroatoms. The molecule has 2 rings (SSSR count). The number of benzene rings is 1. The molecule has 1 N–H and O–H groups in total. The minimum Gasteiger partial charge on any atom is -0.353 e. The molecule has 1 aromatic rings. The van der Waals surface area contributed by atoms with E-state index in [-0.39, 0.29) is 11.8 Å². The number of nitrogens with zero attached hydrogens (tertiary/aromatic N) is 1. The average Bonchev–Trinajstić information content (AvgIpc) is 2.42. The molecule has 0 aromatic heterocycles. The van der Waals surface area contributed by atoms with Crippen molar-refractivity contribution >= 4 is 23.6 Å². The minimum absolute atomic E-state index is 0.0645. The standard InChI is InChI=1S/C14H18N2O2S/c1-10-13(17)15-6-7-16(10)14(18)12-5-3-4-11(8-12)9-19-2/h3-5,8,10H,6-7,9H2,1-2H3,(H,15,17). The van der Waals surface area contributed by atoms with Crippen LogP contribution < -0.4 is 5.32 Å². The zero-order valence-corrected chi connectivity index (χ0v) is 12.0. The van der Waals surface area contributed by atoms with Crippen molar-refractivity contribution in [3.05, 3.63) is 35.4 Å². The van der Waals surface area contributed by atoms with E-state index in [1.807, 2.05) is 30.5 Å². The predicted octanol–water partition coefficient (Wildman–Crippen LogP) is 1.51. The number of hydrogen-bond acceptors (Lipinski definition) is 3. The molecule has 1 saturated heterocycles. The van der Waals surface area contributed by atoms with Gasteiger partial charge in [0.1, 0.15) is 6.04 Å². The van der Waals surface area contributed by atoms with E-state index in [4.69, 9.17) is 0 Å². The molecule has 0 bridgehead atoms. The molecule has 1 heterocycles. The van der Waals surface area contributed by atoms with Gasteiger partial charge < -0.3 is 10.2 Å². The number of thioether (sulfide) groups is 1. The van der Waals surface area contributed by atoms with Gasteiger partial charge in [0.25, 0.3) is 5.91 Å². The second kappa shape index (κ2) is 6.10. The lowest BCUT2D eigenvalue weighted by Crippen LogP contribution is -2.55. The molecule has 1 aliphatic rings.